The molecule has 3 N–H and O–H groups in total. The number of piperazine rings is 2. The van der Waals surface area contributed by atoms with E-state index in [1.54, 1.807) is 0 Å². The zero-order valence-corrected chi connectivity index (χ0v) is 13.3. The van der Waals surface area contributed by atoms with Crippen molar-refractivity contribution in [3.8, 4) is 0 Å². The van der Waals surface area contributed by atoms with Gasteiger partial charge in [-0.3, -0.25) is 9.69 Å². The highest BCUT2D eigenvalue weighted by Gasteiger charge is 2.55. The summed E-state index contributed by atoms with van der Waals surface area (Å²) in [4.78, 5) is 24.2. The van der Waals surface area contributed by atoms with Crippen LogP contribution in [0.25, 0.3) is 0 Å². The molecule has 130 valence electrons. The number of nitrogens with one attached hydrogen (secondary N) is 1. The minimum Gasteiger partial charge on any atom is -0.480 e. The standard InChI is InChI=1S/C12H20N4O6S/c17-11(18)10-9-2-1-8(16(9)12(19)20)7-15(10)23(21,22)14-5-3-13-4-6-14/h8-10,13H,1-7H2,(H,17,18)(H,19,20)/t8-,9+,10+/m1/s1. The Bertz CT molecular complexity index is 605. The minimum atomic E-state index is -3.93. The second-order valence-corrected chi connectivity index (χ2v) is 7.88. The molecule has 10 nitrogen and oxygen atoms in total. The van der Waals surface area contributed by atoms with Crippen LogP contribution in [0.5, 0.6) is 0 Å². The lowest BCUT2D eigenvalue weighted by Gasteiger charge is -2.44. The second kappa shape index (κ2) is 5.89. The summed E-state index contributed by atoms with van der Waals surface area (Å²) in [6.45, 7) is 1.48. The van der Waals surface area contributed by atoms with Crippen molar-refractivity contribution < 1.29 is 28.2 Å². The third-order valence-corrected chi connectivity index (χ3v) is 6.77. The number of aliphatic carboxylic acids is 1. The van der Waals surface area contributed by atoms with Crippen LogP contribution >= 0.6 is 0 Å². The summed E-state index contributed by atoms with van der Waals surface area (Å²) in [7, 11) is -3.93. The zero-order valence-electron chi connectivity index (χ0n) is 12.5. The molecule has 3 fully saturated rings. The molecule has 0 unspecified atom stereocenters. The molecule has 0 saturated carbocycles. The Kier molecular flexibility index (Phi) is 4.21. The van der Waals surface area contributed by atoms with Crippen molar-refractivity contribution in [2.75, 3.05) is 32.7 Å². The van der Waals surface area contributed by atoms with Crippen molar-refractivity contribution in [3.63, 3.8) is 0 Å². The molecule has 2 bridgehead atoms. The fourth-order valence-corrected chi connectivity index (χ4v) is 5.58. The van der Waals surface area contributed by atoms with Crippen molar-refractivity contribution in [1.29, 1.82) is 0 Å². The summed E-state index contributed by atoms with van der Waals surface area (Å²) in [5.41, 5.74) is 0. The van der Waals surface area contributed by atoms with Gasteiger partial charge in [-0.1, -0.05) is 0 Å². The molecule has 0 radical (unpaired) electrons. The highest BCUT2D eigenvalue weighted by Crippen LogP contribution is 2.36. The predicted octanol–water partition coefficient (Wildman–Crippen LogP) is -1.58. The lowest BCUT2D eigenvalue weighted by Crippen LogP contribution is -2.67. The van der Waals surface area contributed by atoms with E-state index >= 15 is 0 Å². The fraction of sp³-hybridized carbons (Fsp3) is 0.833. The van der Waals surface area contributed by atoms with Gasteiger partial charge >= 0.3 is 12.1 Å². The predicted molar refractivity (Wildman–Crippen MR) is 78.2 cm³/mol. The van der Waals surface area contributed by atoms with E-state index in [0.717, 1.165) is 9.21 Å². The first-order valence-corrected chi connectivity index (χ1v) is 8.95. The maximum absolute atomic E-state index is 12.8. The summed E-state index contributed by atoms with van der Waals surface area (Å²) in [5.74, 6) is -1.31. The largest absolute Gasteiger partial charge is 0.480 e. The van der Waals surface area contributed by atoms with Gasteiger partial charge in [0, 0.05) is 38.8 Å². The molecule has 0 aliphatic carbocycles. The lowest BCUT2D eigenvalue weighted by molar-refractivity contribution is -0.145. The van der Waals surface area contributed by atoms with Crippen LogP contribution in [-0.2, 0) is 15.0 Å². The molecule has 11 heteroatoms. The van der Waals surface area contributed by atoms with E-state index in [1.807, 2.05) is 0 Å². The summed E-state index contributed by atoms with van der Waals surface area (Å²) in [6.07, 6.45) is -0.349. The quantitative estimate of drug-likeness (QED) is 0.561. The Hall–Kier alpha value is -1.43. The van der Waals surface area contributed by atoms with Crippen LogP contribution in [0, 0.1) is 0 Å². The Labute approximate surface area is 133 Å². The average molecular weight is 348 g/mol. The van der Waals surface area contributed by atoms with Gasteiger partial charge in [0.25, 0.3) is 10.2 Å². The van der Waals surface area contributed by atoms with Gasteiger partial charge in [0.15, 0.2) is 0 Å². The molecular formula is C12H20N4O6S. The molecule has 23 heavy (non-hydrogen) atoms. The highest BCUT2D eigenvalue weighted by molar-refractivity contribution is 7.86. The SMILES string of the molecule is O=C(O)[C@@H]1[C@@H]2CC[C@H](CN1S(=O)(=O)N1CCNCC1)N2C(=O)O. The molecule has 1 amide bonds. The second-order valence-electron chi connectivity index (χ2n) is 6.00. The zero-order chi connectivity index (χ0) is 16.8. The van der Waals surface area contributed by atoms with E-state index in [-0.39, 0.29) is 19.6 Å². The van der Waals surface area contributed by atoms with Crippen LogP contribution in [0.1, 0.15) is 12.8 Å². The molecule has 0 aromatic rings. The summed E-state index contributed by atoms with van der Waals surface area (Å²) < 4.78 is 28.0. The number of carboxylic acid groups (broad SMARTS) is 2. The molecular weight excluding hydrogens is 328 g/mol. The number of rotatable bonds is 3. The van der Waals surface area contributed by atoms with Gasteiger partial charge in [0.05, 0.1) is 6.04 Å². The van der Waals surface area contributed by atoms with Crippen molar-refractivity contribution in [3.05, 3.63) is 0 Å². The Morgan fingerprint density at radius 3 is 2.30 bits per heavy atom. The van der Waals surface area contributed by atoms with Gasteiger partial charge in [0.1, 0.15) is 6.04 Å². The number of carbonyl (C=O) groups is 2. The molecule has 3 aliphatic rings. The Morgan fingerprint density at radius 2 is 1.74 bits per heavy atom. The number of carboxylic acids is 1. The molecule has 0 aromatic carbocycles. The van der Waals surface area contributed by atoms with Crippen LogP contribution in [0.2, 0.25) is 0 Å². The number of amides is 1. The van der Waals surface area contributed by atoms with E-state index in [4.69, 9.17) is 0 Å². The molecule has 3 atom stereocenters. The first-order chi connectivity index (χ1) is 10.8. The van der Waals surface area contributed by atoms with E-state index in [9.17, 15) is 28.2 Å². The molecule has 0 spiro atoms. The van der Waals surface area contributed by atoms with Gasteiger partial charge in [-0.15, -0.1) is 0 Å². The highest BCUT2D eigenvalue weighted by atomic mass is 32.2. The topological polar surface area (TPSA) is 130 Å². The fourth-order valence-electron chi connectivity index (χ4n) is 3.76. The molecule has 0 aromatic heterocycles. The van der Waals surface area contributed by atoms with Crippen molar-refractivity contribution >= 4 is 22.3 Å². The maximum Gasteiger partial charge on any atom is 0.407 e. The first-order valence-electron chi connectivity index (χ1n) is 7.55. The van der Waals surface area contributed by atoms with Crippen LogP contribution in [0.15, 0.2) is 0 Å². The van der Waals surface area contributed by atoms with E-state index in [1.165, 1.54) is 4.31 Å². The van der Waals surface area contributed by atoms with Crippen molar-refractivity contribution in [1.82, 2.24) is 18.8 Å². The Morgan fingerprint density at radius 1 is 1.09 bits per heavy atom. The van der Waals surface area contributed by atoms with Gasteiger partial charge < -0.3 is 15.5 Å². The van der Waals surface area contributed by atoms with E-state index < -0.39 is 40.4 Å². The van der Waals surface area contributed by atoms with E-state index in [2.05, 4.69) is 5.32 Å². The van der Waals surface area contributed by atoms with Crippen LogP contribution < -0.4 is 5.32 Å². The van der Waals surface area contributed by atoms with Gasteiger partial charge in [-0.2, -0.15) is 17.0 Å². The van der Waals surface area contributed by atoms with E-state index in [0.29, 0.717) is 25.9 Å². The number of nitrogens with zero attached hydrogens (tertiary/aromatic N) is 3. The lowest BCUT2D eigenvalue weighted by atomic mass is 10.1. The minimum absolute atomic E-state index is 0.105. The van der Waals surface area contributed by atoms with Crippen LogP contribution in [0.3, 0.4) is 0 Å². The van der Waals surface area contributed by atoms with Gasteiger partial charge in [-0.05, 0) is 12.8 Å². The van der Waals surface area contributed by atoms with Gasteiger partial charge in [0.2, 0.25) is 0 Å². The number of fused-ring (bicyclic) bond motifs is 2. The first kappa shape index (κ1) is 16.4. The third kappa shape index (κ3) is 2.67. The summed E-state index contributed by atoms with van der Waals surface area (Å²) in [6, 6.07) is -2.68. The molecule has 3 rings (SSSR count). The molecule has 3 heterocycles. The summed E-state index contributed by atoms with van der Waals surface area (Å²) in [5, 5.41) is 21.9. The van der Waals surface area contributed by atoms with Gasteiger partial charge in [-0.25, -0.2) is 4.79 Å². The number of hydrogen-bond donors (Lipinski definition) is 3. The smallest absolute Gasteiger partial charge is 0.407 e. The van der Waals surface area contributed by atoms with Crippen molar-refractivity contribution in [2.45, 2.75) is 31.0 Å². The monoisotopic (exact) mass is 348 g/mol. The summed E-state index contributed by atoms with van der Waals surface area (Å²) >= 11 is 0. The maximum atomic E-state index is 12.8. The van der Waals surface area contributed by atoms with Crippen LogP contribution in [0.4, 0.5) is 4.79 Å². The van der Waals surface area contributed by atoms with Crippen molar-refractivity contribution in [2.24, 2.45) is 0 Å². The molecule has 3 saturated heterocycles. The third-order valence-electron chi connectivity index (χ3n) is 4.78. The van der Waals surface area contributed by atoms with Crippen LogP contribution in [-0.4, -0.2) is 95.1 Å². The molecule has 3 aliphatic heterocycles. The number of hydrogen-bond acceptors (Lipinski definition) is 5. The normalized spacial score (nSPS) is 32.9. The average Bonchev–Trinajstić information content (AvgIpc) is 2.81. The Balaban J connectivity index is 1.93.